The van der Waals surface area contributed by atoms with E-state index < -0.39 is 0 Å². The van der Waals surface area contributed by atoms with Gasteiger partial charge in [0.05, 0.1) is 35.2 Å². The Morgan fingerprint density at radius 2 is 2.03 bits per heavy atom. The van der Waals surface area contributed by atoms with E-state index in [-0.39, 0.29) is 12.0 Å². The average Bonchev–Trinajstić information content (AvgIpc) is 3.33. The zero-order valence-corrected chi connectivity index (χ0v) is 18.4. The number of hydrogen-bond donors (Lipinski definition) is 1. The molecule has 0 aliphatic carbocycles. The van der Waals surface area contributed by atoms with Gasteiger partial charge in [-0.1, -0.05) is 37.3 Å². The summed E-state index contributed by atoms with van der Waals surface area (Å²) >= 11 is 1.45. The number of imidazole rings is 1. The van der Waals surface area contributed by atoms with E-state index in [1.165, 1.54) is 16.9 Å². The summed E-state index contributed by atoms with van der Waals surface area (Å²) in [5.41, 5.74) is 8.88. The van der Waals surface area contributed by atoms with E-state index >= 15 is 0 Å². The average molecular weight is 435 g/mol. The maximum Gasteiger partial charge on any atom is 0.259 e. The minimum atomic E-state index is -0.387. The summed E-state index contributed by atoms with van der Waals surface area (Å²) in [5, 5.41) is 1.06. The van der Waals surface area contributed by atoms with Gasteiger partial charge in [0, 0.05) is 29.9 Å². The summed E-state index contributed by atoms with van der Waals surface area (Å²) in [6.45, 7) is 6.04. The fourth-order valence-corrected chi connectivity index (χ4v) is 5.61. The summed E-state index contributed by atoms with van der Waals surface area (Å²) < 4.78 is 9.55. The molecule has 3 heterocycles. The second-order valence-electron chi connectivity index (χ2n) is 7.97. The second kappa shape index (κ2) is 8.42. The predicted molar refractivity (Wildman–Crippen MR) is 124 cm³/mol. The van der Waals surface area contributed by atoms with Gasteiger partial charge in [0.15, 0.2) is 0 Å². The van der Waals surface area contributed by atoms with E-state index in [9.17, 15) is 4.79 Å². The highest BCUT2D eigenvalue weighted by Gasteiger charge is 2.29. The molecule has 2 aromatic carbocycles. The summed E-state index contributed by atoms with van der Waals surface area (Å²) in [5.74, 6) is 0.690. The number of nitrogens with two attached hydrogens (primary N) is 1. The van der Waals surface area contributed by atoms with Gasteiger partial charge >= 0.3 is 0 Å². The standard InChI is InChI=1S/C24H26N4O2S/c1-2-11-28-18-9-5-4-8-17(18)26-21(28)15-27-12-13-30-19(14-27)22-16-7-3-6-10-20(16)31-23(22)24(25)29/h3-10,19H,2,11-15H2,1H3,(H2,25,29)/t19-/m0/s1. The Morgan fingerprint density at radius 1 is 1.23 bits per heavy atom. The minimum absolute atomic E-state index is 0.184. The van der Waals surface area contributed by atoms with Crippen LogP contribution in [0.15, 0.2) is 48.5 Å². The Balaban J connectivity index is 1.45. The van der Waals surface area contributed by atoms with Crippen molar-refractivity contribution in [3.05, 3.63) is 64.8 Å². The normalized spacial score (nSPS) is 17.5. The molecule has 1 fully saturated rings. The molecule has 0 bridgehead atoms. The second-order valence-corrected chi connectivity index (χ2v) is 9.02. The van der Waals surface area contributed by atoms with Gasteiger partial charge in [-0.3, -0.25) is 9.69 Å². The lowest BCUT2D eigenvalue weighted by molar-refractivity contribution is -0.0332. The fourth-order valence-electron chi connectivity index (χ4n) is 4.51. The number of hydrogen-bond acceptors (Lipinski definition) is 5. The number of nitrogens with zero attached hydrogens (tertiary/aromatic N) is 3. The van der Waals surface area contributed by atoms with Crippen molar-refractivity contribution in [3.63, 3.8) is 0 Å². The first kappa shape index (κ1) is 20.2. The Labute approximate surface area is 185 Å². The van der Waals surface area contributed by atoms with E-state index in [0.717, 1.165) is 53.0 Å². The molecule has 0 spiro atoms. The largest absolute Gasteiger partial charge is 0.371 e. The maximum atomic E-state index is 12.2. The number of benzene rings is 2. The third-order valence-corrected chi connectivity index (χ3v) is 7.08. The number of aryl methyl sites for hydroxylation is 1. The third kappa shape index (κ3) is 3.73. The molecule has 0 unspecified atom stereocenters. The van der Waals surface area contributed by atoms with Crippen LogP contribution in [0, 0.1) is 0 Å². The van der Waals surface area contributed by atoms with Crippen molar-refractivity contribution >= 4 is 38.4 Å². The fraction of sp³-hybridized carbons (Fsp3) is 0.333. The number of rotatable bonds is 6. The summed E-state index contributed by atoms with van der Waals surface area (Å²) in [6.07, 6.45) is 0.874. The number of amides is 1. The van der Waals surface area contributed by atoms with Crippen LogP contribution in [0.2, 0.25) is 0 Å². The minimum Gasteiger partial charge on any atom is -0.371 e. The summed E-state index contributed by atoms with van der Waals surface area (Å²) in [7, 11) is 0. The molecule has 4 aromatic rings. The Kier molecular flexibility index (Phi) is 5.48. The van der Waals surface area contributed by atoms with Gasteiger partial charge in [0.25, 0.3) is 5.91 Å². The number of para-hydroxylation sites is 2. The van der Waals surface area contributed by atoms with Crippen molar-refractivity contribution in [3.8, 4) is 0 Å². The lowest BCUT2D eigenvalue weighted by atomic mass is 10.0. The van der Waals surface area contributed by atoms with Crippen LogP contribution >= 0.6 is 11.3 Å². The summed E-state index contributed by atoms with van der Waals surface area (Å²) in [4.78, 5) is 20.1. The van der Waals surface area contributed by atoms with Crippen molar-refractivity contribution in [2.75, 3.05) is 19.7 Å². The lowest BCUT2D eigenvalue weighted by Crippen LogP contribution is -2.39. The topological polar surface area (TPSA) is 73.4 Å². The molecule has 6 nitrogen and oxygen atoms in total. The van der Waals surface area contributed by atoms with Crippen LogP contribution in [0.1, 0.15) is 40.5 Å². The zero-order valence-electron chi connectivity index (χ0n) is 17.6. The Bertz CT molecular complexity index is 1250. The highest BCUT2D eigenvalue weighted by atomic mass is 32.1. The van der Waals surface area contributed by atoms with Crippen LogP contribution in [0.4, 0.5) is 0 Å². The molecule has 0 saturated carbocycles. The number of carbonyl (C=O) groups is 1. The van der Waals surface area contributed by atoms with Crippen LogP contribution in [-0.4, -0.2) is 40.1 Å². The highest BCUT2D eigenvalue weighted by Crippen LogP contribution is 2.38. The van der Waals surface area contributed by atoms with Gasteiger partial charge in [0.1, 0.15) is 5.82 Å². The SMILES string of the molecule is CCCn1c(CN2CCO[C@H](c3c(C(N)=O)sc4ccccc34)C2)nc2ccccc21. The van der Waals surface area contributed by atoms with Crippen molar-refractivity contribution in [1.82, 2.24) is 14.5 Å². The van der Waals surface area contributed by atoms with Gasteiger partial charge in [-0.15, -0.1) is 11.3 Å². The molecular weight excluding hydrogens is 408 g/mol. The van der Waals surface area contributed by atoms with E-state index in [1.807, 2.05) is 24.3 Å². The number of aromatic nitrogens is 2. The number of fused-ring (bicyclic) bond motifs is 2. The smallest absolute Gasteiger partial charge is 0.259 e. The van der Waals surface area contributed by atoms with Gasteiger partial charge in [0.2, 0.25) is 0 Å². The molecule has 7 heteroatoms. The Morgan fingerprint density at radius 3 is 2.87 bits per heavy atom. The van der Waals surface area contributed by atoms with Crippen LogP contribution in [-0.2, 0) is 17.8 Å². The van der Waals surface area contributed by atoms with Gasteiger partial charge in [-0.2, -0.15) is 0 Å². The molecule has 1 amide bonds. The molecule has 1 aliphatic heterocycles. The molecule has 160 valence electrons. The maximum absolute atomic E-state index is 12.2. The molecule has 2 N–H and O–H groups in total. The van der Waals surface area contributed by atoms with Crippen molar-refractivity contribution in [1.29, 1.82) is 0 Å². The van der Waals surface area contributed by atoms with Gasteiger partial charge < -0.3 is 15.0 Å². The quantitative estimate of drug-likeness (QED) is 0.490. The summed E-state index contributed by atoms with van der Waals surface area (Å²) in [6, 6.07) is 16.4. The van der Waals surface area contributed by atoms with Crippen molar-refractivity contribution in [2.24, 2.45) is 5.73 Å². The van der Waals surface area contributed by atoms with E-state index in [4.69, 9.17) is 15.5 Å². The molecule has 31 heavy (non-hydrogen) atoms. The van der Waals surface area contributed by atoms with Gasteiger partial charge in [-0.25, -0.2) is 4.98 Å². The number of carbonyl (C=O) groups excluding carboxylic acids is 1. The number of thiophene rings is 1. The van der Waals surface area contributed by atoms with Gasteiger partial charge in [-0.05, 0) is 30.0 Å². The first-order valence-electron chi connectivity index (χ1n) is 10.7. The monoisotopic (exact) mass is 434 g/mol. The van der Waals surface area contributed by atoms with E-state index in [0.29, 0.717) is 18.0 Å². The first-order valence-corrected chi connectivity index (χ1v) is 11.6. The number of primary amides is 1. The number of ether oxygens (including phenoxy) is 1. The predicted octanol–water partition coefficient (Wildman–Crippen LogP) is 4.33. The molecule has 0 radical (unpaired) electrons. The van der Waals surface area contributed by atoms with Crippen LogP contribution < -0.4 is 5.73 Å². The van der Waals surface area contributed by atoms with Crippen LogP contribution in [0.25, 0.3) is 21.1 Å². The van der Waals surface area contributed by atoms with Crippen LogP contribution in [0.3, 0.4) is 0 Å². The molecule has 5 rings (SSSR count). The Hall–Kier alpha value is -2.74. The van der Waals surface area contributed by atoms with Crippen molar-refractivity contribution < 1.29 is 9.53 Å². The zero-order chi connectivity index (χ0) is 21.4. The highest BCUT2D eigenvalue weighted by molar-refractivity contribution is 7.21. The number of morpholine rings is 1. The first-order chi connectivity index (χ1) is 15.2. The molecule has 2 aromatic heterocycles. The molecule has 1 atom stereocenters. The third-order valence-electron chi connectivity index (χ3n) is 5.88. The molecule has 1 saturated heterocycles. The van der Waals surface area contributed by atoms with Crippen LogP contribution in [0.5, 0.6) is 0 Å². The molecule has 1 aliphatic rings. The molecular formula is C24H26N4O2S. The van der Waals surface area contributed by atoms with Crippen molar-refractivity contribution in [2.45, 2.75) is 32.5 Å². The van der Waals surface area contributed by atoms with E-state index in [2.05, 4.69) is 40.7 Å². The lowest BCUT2D eigenvalue weighted by Gasteiger charge is -2.33. The van der Waals surface area contributed by atoms with E-state index in [1.54, 1.807) is 0 Å².